The Bertz CT molecular complexity index is 1550. The number of nitrogens with zero attached hydrogens (tertiary/aromatic N) is 2. The zero-order valence-corrected chi connectivity index (χ0v) is 23.1. The Kier molecular flexibility index (Phi) is 9.01. The number of sulfonamides is 1. The predicted octanol–water partition coefficient (Wildman–Crippen LogP) is 5.88. The monoisotopic (exact) mass is 561 g/mol. The predicted molar refractivity (Wildman–Crippen MR) is 155 cm³/mol. The second-order valence-electron chi connectivity index (χ2n) is 8.89. The van der Waals surface area contributed by atoms with Crippen molar-refractivity contribution in [2.75, 3.05) is 10.8 Å². The van der Waals surface area contributed by atoms with Crippen molar-refractivity contribution in [2.45, 2.75) is 25.3 Å². The summed E-state index contributed by atoms with van der Waals surface area (Å²) in [6.45, 7) is 3.65. The lowest BCUT2D eigenvalue weighted by Crippen LogP contribution is -2.40. The van der Waals surface area contributed by atoms with E-state index < -0.39 is 22.5 Å². The molecule has 0 spiro atoms. The summed E-state index contributed by atoms with van der Waals surface area (Å²) in [5, 5.41) is 4.68. The molecule has 0 aromatic heterocycles. The van der Waals surface area contributed by atoms with Crippen molar-refractivity contribution >= 4 is 39.4 Å². The number of aryl methyl sites for hydroxylation is 2. The van der Waals surface area contributed by atoms with Crippen molar-refractivity contribution < 1.29 is 17.9 Å². The zero-order chi connectivity index (χ0) is 27.8. The van der Waals surface area contributed by atoms with Crippen LogP contribution >= 0.6 is 11.6 Å². The highest BCUT2D eigenvalue weighted by Gasteiger charge is 2.28. The van der Waals surface area contributed by atoms with Gasteiger partial charge in [-0.3, -0.25) is 9.10 Å². The highest BCUT2D eigenvalue weighted by molar-refractivity contribution is 7.92. The van der Waals surface area contributed by atoms with E-state index in [9.17, 15) is 13.2 Å². The van der Waals surface area contributed by atoms with E-state index >= 15 is 0 Å². The van der Waals surface area contributed by atoms with Crippen molar-refractivity contribution in [3.63, 3.8) is 0 Å². The van der Waals surface area contributed by atoms with Gasteiger partial charge in [-0.25, -0.2) is 13.8 Å². The van der Waals surface area contributed by atoms with Crippen LogP contribution in [0.5, 0.6) is 5.75 Å². The molecule has 0 heterocycles. The number of nitrogens with one attached hydrogen (secondary N) is 1. The lowest BCUT2D eigenvalue weighted by Gasteiger charge is -2.25. The third-order valence-corrected chi connectivity index (χ3v) is 7.91. The number of amides is 1. The number of rotatable bonds is 10. The van der Waals surface area contributed by atoms with E-state index in [2.05, 4.69) is 10.5 Å². The second kappa shape index (κ2) is 12.6. The summed E-state index contributed by atoms with van der Waals surface area (Å²) in [7, 11) is -4.00. The molecular weight excluding hydrogens is 534 g/mol. The van der Waals surface area contributed by atoms with Crippen molar-refractivity contribution in [1.29, 1.82) is 0 Å². The molecule has 7 nitrogen and oxygen atoms in total. The average molecular weight is 562 g/mol. The van der Waals surface area contributed by atoms with Crippen molar-refractivity contribution in [3.05, 3.63) is 124 Å². The van der Waals surface area contributed by atoms with Gasteiger partial charge < -0.3 is 4.74 Å². The van der Waals surface area contributed by atoms with Gasteiger partial charge in [0.2, 0.25) is 0 Å². The highest BCUT2D eigenvalue weighted by Crippen LogP contribution is 2.26. The van der Waals surface area contributed by atoms with Crippen molar-refractivity contribution in [3.8, 4) is 5.75 Å². The van der Waals surface area contributed by atoms with Gasteiger partial charge in [-0.15, -0.1) is 0 Å². The summed E-state index contributed by atoms with van der Waals surface area (Å²) in [5.41, 5.74) is 6.24. The van der Waals surface area contributed by atoms with E-state index in [4.69, 9.17) is 16.3 Å². The molecule has 4 rings (SSSR count). The van der Waals surface area contributed by atoms with Gasteiger partial charge >= 0.3 is 0 Å². The van der Waals surface area contributed by atoms with Gasteiger partial charge in [0.15, 0.2) is 0 Å². The fourth-order valence-corrected chi connectivity index (χ4v) is 5.33. The van der Waals surface area contributed by atoms with Crippen LogP contribution in [0.1, 0.15) is 22.3 Å². The largest absolute Gasteiger partial charge is 0.489 e. The number of hydrogen-bond donors (Lipinski definition) is 1. The van der Waals surface area contributed by atoms with E-state index in [1.807, 2.05) is 37.3 Å². The third kappa shape index (κ3) is 7.46. The summed E-state index contributed by atoms with van der Waals surface area (Å²) in [5.74, 6) is 0.106. The number of halogens is 1. The summed E-state index contributed by atoms with van der Waals surface area (Å²) in [4.78, 5) is 12.9. The fourth-order valence-electron chi connectivity index (χ4n) is 3.72. The van der Waals surface area contributed by atoms with E-state index in [0.717, 1.165) is 26.6 Å². The molecular formula is C30H28ClN3O4S. The number of ether oxygens (including phenoxy) is 1. The Balaban J connectivity index is 1.41. The molecule has 200 valence electrons. The highest BCUT2D eigenvalue weighted by atomic mass is 35.5. The number of para-hydroxylation sites is 1. The zero-order valence-electron chi connectivity index (χ0n) is 21.5. The van der Waals surface area contributed by atoms with Gasteiger partial charge in [0.05, 0.1) is 16.8 Å². The molecule has 0 aliphatic rings. The normalized spacial score (nSPS) is 11.4. The first-order valence-corrected chi connectivity index (χ1v) is 14.0. The maximum Gasteiger partial charge on any atom is 0.264 e. The van der Waals surface area contributed by atoms with Gasteiger partial charge in [0, 0.05) is 5.02 Å². The molecule has 4 aromatic rings. The van der Waals surface area contributed by atoms with Crippen LogP contribution in [-0.2, 0) is 21.4 Å². The summed E-state index contributed by atoms with van der Waals surface area (Å²) in [6.07, 6.45) is 1.48. The topological polar surface area (TPSA) is 88.1 Å². The van der Waals surface area contributed by atoms with Crippen LogP contribution in [0.3, 0.4) is 0 Å². The standard InChI is InChI=1S/C30H28ClN3O4S/c1-22-7-17-28(18-8-22)39(36,37)34(29-6-4-3-5-23(29)2)20-30(35)33-32-19-24-11-15-27(16-12-24)38-21-25-9-13-26(31)14-10-25/h3-19H,20-21H2,1-2H3,(H,33,35)/b32-19-. The van der Waals surface area contributed by atoms with Crippen LogP contribution in [0.15, 0.2) is 107 Å². The van der Waals surface area contributed by atoms with Crippen LogP contribution in [0, 0.1) is 13.8 Å². The molecule has 0 fully saturated rings. The number of hydrazone groups is 1. The summed E-state index contributed by atoms with van der Waals surface area (Å²) >= 11 is 5.91. The molecule has 0 bridgehead atoms. The number of carbonyl (C=O) groups excluding carboxylic acids is 1. The van der Waals surface area contributed by atoms with E-state index in [1.165, 1.54) is 18.3 Å². The lowest BCUT2D eigenvalue weighted by atomic mass is 10.2. The lowest BCUT2D eigenvalue weighted by molar-refractivity contribution is -0.119. The molecule has 0 saturated carbocycles. The Hall–Kier alpha value is -4.14. The first-order valence-electron chi connectivity index (χ1n) is 12.2. The van der Waals surface area contributed by atoms with E-state index in [1.54, 1.807) is 61.5 Å². The maximum absolute atomic E-state index is 13.5. The minimum Gasteiger partial charge on any atom is -0.489 e. The SMILES string of the molecule is Cc1ccc(S(=O)(=O)N(CC(=O)N/N=C\c2ccc(OCc3ccc(Cl)cc3)cc2)c2ccccc2C)cc1. The molecule has 1 N–H and O–H groups in total. The molecule has 0 radical (unpaired) electrons. The smallest absolute Gasteiger partial charge is 0.264 e. The maximum atomic E-state index is 13.5. The Labute approximate surface area is 233 Å². The molecule has 4 aromatic carbocycles. The average Bonchev–Trinajstić information content (AvgIpc) is 2.93. The third-order valence-electron chi connectivity index (χ3n) is 5.88. The first-order chi connectivity index (χ1) is 18.7. The van der Waals surface area contributed by atoms with Crippen LogP contribution in [0.25, 0.3) is 0 Å². The van der Waals surface area contributed by atoms with Crippen molar-refractivity contribution in [1.82, 2.24) is 5.43 Å². The molecule has 9 heteroatoms. The van der Waals surface area contributed by atoms with Crippen LogP contribution in [0.4, 0.5) is 5.69 Å². The second-order valence-corrected chi connectivity index (χ2v) is 11.2. The molecule has 0 atom stereocenters. The Morgan fingerprint density at radius 1 is 0.923 bits per heavy atom. The quantitative estimate of drug-likeness (QED) is 0.193. The number of carbonyl (C=O) groups is 1. The van der Waals surface area contributed by atoms with Gasteiger partial charge in [0.25, 0.3) is 15.9 Å². The minimum atomic E-state index is -4.00. The molecule has 1 amide bonds. The van der Waals surface area contributed by atoms with Gasteiger partial charge in [-0.1, -0.05) is 59.6 Å². The Morgan fingerprint density at radius 3 is 2.26 bits per heavy atom. The van der Waals surface area contributed by atoms with Gasteiger partial charge in [-0.2, -0.15) is 5.10 Å². The molecule has 0 aliphatic heterocycles. The van der Waals surface area contributed by atoms with E-state index in [0.29, 0.717) is 23.1 Å². The van der Waals surface area contributed by atoms with Crippen LogP contribution in [-0.4, -0.2) is 27.1 Å². The van der Waals surface area contributed by atoms with Crippen LogP contribution < -0.4 is 14.5 Å². The molecule has 0 saturated heterocycles. The fraction of sp³-hybridized carbons (Fsp3) is 0.133. The van der Waals surface area contributed by atoms with Crippen molar-refractivity contribution in [2.24, 2.45) is 5.10 Å². The number of anilines is 1. The van der Waals surface area contributed by atoms with Crippen LogP contribution in [0.2, 0.25) is 5.02 Å². The summed E-state index contributed by atoms with van der Waals surface area (Å²) < 4.78 is 33.9. The summed E-state index contributed by atoms with van der Waals surface area (Å²) in [6, 6.07) is 28.2. The van der Waals surface area contributed by atoms with E-state index in [-0.39, 0.29) is 4.90 Å². The minimum absolute atomic E-state index is 0.103. The first kappa shape index (κ1) is 27.9. The molecule has 0 aliphatic carbocycles. The van der Waals surface area contributed by atoms with Gasteiger partial charge in [0.1, 0.15) is 18.9 Å². The number of benzene rings is 4. The Morgan fingerprint density at radius 2 is 1.59 bits per heavy atom. The van der Waals surface area contributed by atoms with Gasteiger partial charge in [-0.05, 0) is 85.1 Å². The number of hydrogen-bond acceptors (Lipinski definition) is 5. The molecule has 39 heavy (non-hydrogen) atoms. The molecule has 0 unspecified atom stereocenters.